The van der Waals surface area contributed by atoms with Gasteiger partial charge in [-0.3, -0.25) is 10.1 Å². The average Bonchev–Trinajstić information content (AvgIpc) is 2.46. The van der Waals surface area contributed by atoms with Gasteiger partial charge >= 0.3 is 5.69 Å². The van der Waals surface area contributed by atoms with Gasteiger partial charge < -0.3 is 15.1 Å². The standard InChI is InChI=1S/C10H15N7O3/c1-20-6-5-16(4-2-3-11)10-8(17(18)19)9(15-12)13-7-14-10/h7H,2,4-6,12H2,1H3,(H,13,14,15). The van der Waals surface area contributed by atoms with Gasteiger partial charge in [0, 0.05) is 20.2 Å². The van der Waals surface area contributed by atoms with Crippen LogP contribution in [0.15, 0.2) is 6.33 Å². The third kappa shape index (κ3) is 3.74. The van der Waals surface area contributed by atoms with E-state index in [0.29, 0.717) is 19.7 Å². The second kappa shape index (κ2) is 7.82. The monoisotopic (exact) mass is 281 g/mol. The molecule has 0 aliphatic heterocycles. The SMILES string of the molecule is COCCN(CCC#N)c1ncnc(NN)c1[N+](=O)[O-]. The molecule has 0 unspecified atom stereocenters. The second-order valence-corrected chi connectivity index (χ2v) is 3.68. The minimum absolute atomic E-state index is 0.0839. The largest absolute Gasteiger partial charge is 0.383 e. The summed E-state index contributed by atoms with van der Waals surface area (Å²) in [4.78, 5) is 19.8. The van der Waals surface area contributed by atoms with Crippen molar-refractivity contribution in [3.8, 4) is 6.07 Å². The van der Waals surface area contributed by atoms with Crippen LogP contribution in [0.4, 0.5) is 17.3 Å². The molecule has 1 heterocycles. The lowest BCUT2D eigenvalue weighted by atomic mass is 10.3. The molecule has 0 fully saturated rings. The molecule has 0 atom stereocenters. The van der Waals surface area contributed by atoms with Crippen LogP contribution in [0.3, 0.4) is 0 Å². The molecule has 0 aliphatic carbocycles. The first-order valence-electron chi connectivity index (χ1n) is 5.72. The average molecular weight is 281 g/mol. The van der Waals surface area contributed by atoms with Gasteiger partial charge in [0.25, 0.3) is 0 Å². The number of nitrogens with one attached hydrogen (secondary N) is 1. The Kier molecular flexibility index (Phi) is 6.08. The van der Waals surface area contributed by atoms with E-state index in [-0.39, 0.29) is 23.7 Å². The van der Waals surface area contributed by atoms with Crippen molar-refractivity contribution in [2.24, 2.45) is 5.84 Å². The molecule has 0 aromatic carbocycles. The first-order chi connectivity index (χ1) is 9.65. The maximum Gasteiger partial charge on any atom is 0.354 e. The number of aromatic nitrogens is 2. The molecule has 0 aliphatic rings. The Morgan fingerprint density at radius 1 is 1.60 bits per heavy atom. The third-order valence-electron chi connectivity index (χ3n) is 2.48. The molecule has 0 saturated heterocycles. The van der Waals surface area contributed by atoms with Gasteiger partial charge in [-0.2, -0.15) is 5.26 Å². The van der Waals surface area contributed by atoms with Crippen LogP contribution >= 0.6 is 0 Å². The number of hydrazine groups is 1. The number of nitrogen functional groups attached to an aromatic ring is 1. The molecule has 0 bridgehead atoms. The first-order valence-corrected chi connectivity index (χ1v) is 5.72. The Balaban J connectivity index is 3.17. The predicted octanol–water partition coefficient (Wildman–Crippen LogP) is 0.0369. The van der Waals surface area contributed by atoms with Crippen molar-refractivity contribution in [1.82, 2.24) is 9.97 Å². The summed E-state index contributed by atoms with van der Waals surface area (Å²) in [6.45, 7) is 1.000. The van der Waals surface area contributed by atoms with Crippen molar-refractivity contribution in [1.29, 1.82) is 5.26 Å². The number of hydrogen-bond donors (Lipinski definition) is 2. The normalized spacial score (nSPS) is 9.85. The number of hydrogen-bond acceptors (Lipinski definition) is 9. The summed E-state index contributed by atoms with van der Waals surface area (Å²) in [5, 5.41) is 19.8. The summed E-state index contributed by atoms with van der Waals surface area (Å²) < 4.78 is 4.95. The Morgan fingerprint density at radius 3 is 2.90 bits per heavy atom. The van der Waals surface area contributed by atoms with Crippen LogP contribution in [0.2, 0.25) is 0 Å². The molecule has 108 valence electrons. The fraction of sp³-hybridized carbons (Fsp3) is 0.500. The number of anilines is 2. The minimum atomic E-state index is -0.614. The number of nitrogens with two attached hydrogens (primary N) is 1. The molecule has 10 nitrogen and oxygen atoms in total. The zero-order valence-corrected chi connectivity index (χ0v) is 10.9. The lowest BCUT2D eigenvalue weighted by Gasteiger charge is -2.22. The van der Waals surface area contributed by atoms with E-state index in [1.807, 2.05) is 6.07 Å². The molecule has 10 heteroatoms. The Labute approximate surface area is 115 Å². The third-order valence-corrected chi connectivity index (χ3v) is 2.48. The van der Waals surface area contributed by atoms with Gasteiger partial charge in [-0.1, -0.05) is 0 Å². The zero-order chi connectivity index (χ0) is 15.0. The van der Waals surface area contributed by atoms with Crippen molar-refractivity contribution < 1.29 is 9.66 Å². The van der Waals surface area contributed by atoms with E-state index in [1.165, 1.54) is 13.4 Å². The van der Waals surface area contributed by atoms with Crippen molar-refractivity contribution >= 4 is 17.3 Å². The Hall–Kier alpha value is -2.51. The summed E-state index contributed by atoms with van der Waals surface area (Å²) in [6, 6.07) is 1.99. The zero-order valence-electron chi connectivity index (χ0n) is 10.9. The molecular weight excluding hydrogens is 266 g/mol. The van der Waals surface area contributed by atoms with Gasteiger partial charge in [0.1, 0.15) is 6.33 Å². The van der Waals surface area contributed by atoms with E-state index < -0.39 is 4.92 Å². The van der Waals surface area contributed by atoms with Crippen LogP contribution in [0, 0.1) is 21.4 Å². The van der Waals surface area contributed by atoms with Gasteiger partial charge in [0.15, 0.2) is 0 Å². The molecule has 1 aromatic rings. The van der Waals surface area contributed by atoms with Crippen LogP contribution < -0.4 is 16.2 Å². The van der Waals surface area contributed by atoms with Crippen molar-refractivity contribution in [2.75, 3.05) is 37.1 Å². The van der Waals surface area contributed by atoms with E-state index in [9.17, 15) is 10.1 Å². The molecule has 20 heavy (non-hydrogen) atoms. The minimum Gasteiger partial charge on any atom is -0.383 e. The molecule has 0 saturated carbocycles. The molecule has 3 N–H and O–H groups in total. The molecule has 0 spiro atoms. The maximum atomic E-state index is 11.2. The van der Waals surface area contributed by atoms with Crippen LogP contribution in [0.5, 0.6) is 0 Å². The number of methoxy groups -OCH3 is 1. The summed E-state index contributed by atoms with van der Waals surface area (Å²) in [7, 11) is 1.52. The number of nitriles is 1. The number of rotatable bonds is 8. The Bertz CT molecular complexity index is 502. The first kappa shape index (κ1) is 15.5. The molecule has 0 amide bonds. The highest BCUT2D eigenvalue weighted by Crippen LogP contribution is 2.31. The molecule has 1 aromatic heterocycles. The van der Waals surface area contributed by atoms with E-state index in [1.54, 1.807) is 4.90 Å². The maximum absolute atomic E-state index is 11.2. The molecule has 0 radical (unpaired) electrons. The Morgan fingerprint density at radius 2 is 2.35 bits per heavy atom. The predicted molar refractivity (Wildman–Crippen MR) is 70.8 cm³/mol. The number of ether oxygens (including phenoxy) is 1. The van der Waals surface area contributed by atoms with Crippen molar-refractivity contribution in [3.05, 3.63) is 16.4 Å². The summed E-state index contributed by atoms with van der Waals surface area (Å²) >= 11 is 0. The topological polar surface area (TPSA) is 143 Å². The fourth-order valence-corrected chi connectivity index (χ4v) is 1.58. The lowest BCUT2D eigenvalue weighted by Crippen LogP contribution is -2.30. The van der Waals surface area contributed by atoms with Gasteiger partial charge in [-0.25, -0.2) is 15.8 Å². The molecule has 1 rings (SSSR count). The number of nitro groups is 1. The van der Waals surface area contributed by atoms with E-state index in [0.717, 1.165) is 0 Å². The molecular formula is C10H15N7O3. The van der Waals surface area contributed by atoms with E-state index in [2.05, 4.69) is 15.4 Å². The van der Waals surface area contributed by atoms with Crippen LogP contribution in [-0.2, 0) is 4.74 Å². The summed E-state index contributed by atoms with van der Waals surface area (Å²) in [5.41, 5.74) is 1.84. The van der Waals surface area contributed by atoms with Crippen molar-refractivity contribution in [3.63, 3.8) is 0 Å². The number of nitrogens with zero attached hydrogens (tertiary/aromatic N) is 5. The quantitative estimate of drug-likeness (QED) is 0.383. The summed E-state index contributed by atoms with van der Waals surface area (Å²) in [6.07, 6.45) is 1.37. The van der Waals surface area contributed by atoms with E-state index in [4.69, 9.17) is 15.8 Å². The highest BCUT2D eigenvalue weighted by Gasteiger charge is 2.26. The highest BCUT2D eigenvalue weighted by molar-refractivity contribution is 5.69. The highest BCUT2D eigenvalue weighted by atomic mass is 16.6. The van der Waals surface area contributed by atoms with Gasteiger partial charge in [0.05, 0.1) is 24.0 Å². The van der Waals surface area contributed by atoms with E-state index >= 15 is 0 Å². The van der Waals surface area contributed by atoms with Gasteiger partial charge in [-0.15, -0.1) is 0 Å². The van der Waals surface area contributed by atoms with Crippen LogP contribution in [0.25, 0.3) is 0 Å². The second-order valence-electron chi connectivity index (χ2n) is 3.68. The smallest absolute Gasteiger partial charge is 0.354 e. The van der Waals surface area contributed by atoms with Gasteiger partial charge in [-0.05, 0) is 0 Å². The van der Waals surface area contributed by atoms with Gasteiger partial charge in [0.2, 0.25) is 11.6 Å². The van der Waals surface area contributed by atoms with Crippen LogP contribution in [0.1, 0.15) is 6.42 Å². The van der Waals surface area contributed by atoms with Crippen LogP contribution in [-0.4, -0.2) is 41.7 Å². The lowest BCUT2D eigenvalue weighted by molar-refractivity contribution is -0.383. The van der Waals surface area contributed by atoms with Crippen molar-refractivity contribution in [2.45, 2.75) is 6.42 Å². The summed E-state index contributed by atoms with van der Waals surface area (Å²) in [5.74, 6) is 5.24. The fourth-order valence-electron chi connectivity index (χ4n) is 1.58.